The van der Waals surface area contributed by atoms with E-state index >= 15 is 0 Å². The van der Waals surface area contributed by atoms with E-state index in [9.17, 15) is 4.79 Å². The van der Waals surface area contributed by atoms with Gasteiger partial charge in [-0.15, -0.1) is 0 Å². The van der Waals surface area contributed by atoms with Crippen LogP contribution in [-0.4, -0.2) is 33.3 Å². The van der Waals surface area contributed by atoms with E-state index in [1.54, 1.807) is 13.1 Å². The molecule has 2 aliphatic rings. The number of likely N-dealkylation sites (N-methyl/N-ethyl adjacent to an activating group) is 1. The standard InChI is InChI=1S/C12H17N3O.C10H14/c1-8(16)11-6-13-12-7-14(2)9-4-3-5-10(9)15(11)12;1-3-9-7-5-6-8-10(9)4-2/h6,9-10H,3-5,7H2,1-2H3;5-8H,3-4H2,1-2H3. The largest absolute Gasteiger partial charge is 0.320 e. The monoisotopic (exact) mass is 353 g/mol. The number of fused-ring (bicyclic) bond motifs is 3. The third-order valence-corrected chi connectivity index (χ3v) is 5.85. The van der Waals surface area contributed by atoms with Crippen molar-refractivity contribution in [3.05, 3.63) is 53.1 Å². The lowest BCUT2D eigenvalue weighted by Gasteiger charge is -2.36. The smallest absolute Gasteiger partial charge is 0.177 e. The molecule has 2 unspecified atom stereocenters. The van der Waals surface area contributed by atoms with Crippen molar-refractivity contribution in [3.8, 4) is 0 Å². The Bertz CT molecular complexity index is 741. The number of ketones is 1. The molecule has 0 N–H and O–H groups in total. The third-order valence-electron chi connectivity index (χ3n) is 5.85. The predicted molar refractivity (Wildman–Crippen MR) is 106 cm³/mol. The Kier molecular flexibility index (Phi) is 5.92. The first kappa shape index (κ1) is 18.8. The van der Waals surface area contributed by atoms with Gasteiger partial charge in [-0.25, -0.2) is 4.98 Å². The van der Waals surface area contributed by atoms with Gasteiger partial charge in [-0.2, -0.15) is 0 Å². The topological polar surface area (TPSA) is 38.1 Å². The predicted octanol–water partition coefficient (Wildman–Crippen LogP) is 4.44. The number of hydrogen-bond donors (Lipinski definition) is 0. The highest BCUT2D eigenvalue weighted by Crippen LogP contribution is 2.38. The Morgan fingerprint density at radius 2 is 1.73 bits per heavy atom. The van der Waals surface area contributed by atoms with Crippen LogP contribution in [0.5, 0.6) is 0 Å². The molecule has 0 spiro atoms. The number of nitrogens with zero attached hydrogens (tertiary/aromatic N) is 3. The van der Waals surface area contributed by atoms with Gasteiger partial charge in [0.25, 0.3) is 0 Å². The zero-order valence-electron chi connectivity index (χ0n) is 16.5. The minimum atomic E-state index is 0.133. The van der Waals surface area contributed by atoms with Crippen molar-refractivity contribution in [2.75, 3.05) is 7.05 Å². The Hall–Kier alpha value is -1.94. The second-order valence-corrected chi connectivity index (χ2v) is 7.44. The minimum Gasteiger partial charge on any atom is -0.320 e. The second-order valence-electron chi connectivity index (χ2n) is 7.44. The molecule has 1 aliphatic heterocycles. The molecular weight excluding hydrogens is 322 g/mol. The summed E-state index contributed by atoms with van der Waals surface area (Å²) in [6, 6.07) is 9.70. The van der Waals surface area contributed by atoms with Crippen molar-refractivity contribution in [2.24, 2.45) is 0 Å². The molecule has 1 aliphatic carbocycles. The van der Waals surface area contributed by atoms with Gasteiger partial charge in [0.05, 0.1) is 18.8 Å². The maximum atomic E-state index is 11.6. The first-order chi connectivity index (χ1) is 12.6. The van der Waals surface area contributed by atoms with Crippen molar-refractivity contribution in [1.29, 1.82) is 0 Å². The summed E-state index contributed by atoms with van der Waals surface area (Å²) in [4.78, 5) is 18.3. The number of imidazole rings is 1. The van der Waals surface area contributed by atoms with Crippen LogP contribution in [-0.2, 0) is 19.4 Å². The number of benzene rings is 1. The number of aryl methyl sites for hydroxylation is 2. The molecule has 0 radical (unpaired) electrons. The van der Waals surface area contributed by atoms with Crippen molar-refractivity contribution >= 4 is 5.78 Å². The summed E-state index contributed by atoms with van der Waals surface area (Å²) in [5, 5.41) is 0. The van der Waals surface area contributed by atoms with Crippen LogP contribution in [0, 0.1) is 0 Å². The van der Waals surface area contributed by atoms with E-state index in [0.717, 1.165) is 30.9 Å². The molecule has 1 saturated carbocycles. The van der Waals surface area contributed by atoms with Gasteiger partial charge in [-0.3, -0.25) is 9.69 Å². The van der Waals surface area contributed by atoms with E-state index in [-0.39, 0.29) is 5.78 Å². The molecule has 1 aromatic heterocycles. The van der Waals surface area contributed by atoms with Crippen LogP contribution in [0.3, 0.4) is 0 Å². The van der Waals surface area contributed by atoms with E-state index in [1.165, 1.54) is 30.4 Å². The van der Waals surface area contributed by atoms with E-state index in [0.29, 0.717) is 12.1 Å². The van der Waals surface area contributed by atoms with Gasteiger partial charge in [0, 0.05) is 13.0 Å². The normalized spacial score (nSPS) is 21.5. The van der Waals surface area contributed by atoms with Crippen LogP contribution >= 0.6 is 0 Å². The highest BCUT2D eigenvalue weighted by Gasteiger charge is 2.38. The molecule has 26 heavy (non-hydrogen) atoms. The molecule has 4 heteroatoms. The first-order valence-electron chi connectivity index (χ1n) is 9.90. The fraction of sp³-hybridized carbons (Fsp3) is 0.545. The zero-order valence-corrected chi connectivity index (χ0v) is 16.5. The minimum absolute atomic E-state index is 0.133. The van der Waals surface area contributed by atoms with Gasteiger partial charge in [-0.1, -0.05) is 38.1 Å². The van der Waals surface area contributed by atoms with Crippen molar-refractivity contribution in [2.45, 2.75) is 71.5 Å². The maximum absolute atomic E-state index is 11.6. The van der Waals surface area contributed by atoms with E-state index in [4.69, 9.17) is 0 Å². The molecule has 140 valence electrons. The molecule has 0 saturated heterocycles. The number of rotatable bonds is 3. The quantitative estimate of drug-likeness (QED) is 0.766. The van der Waals surface area contributed by atoms with Crippen LogP contribution in [0.15, 0.2) is 30.5 Å². The first-order valence-corrected chi connectivity index (χ1v) is 9.90. The lowest BCUT2D eigenvalue weighted by atomic mass is 10.0. The molecule has 1 aromatic carbocycles. The molecule has 1 fully saturated rings. The summed E-state index contributed by atoms with van der Waals surface area (Å²) in [5.41, 5.74) is 3.77. The highest BCUT2D eigenvalue weighted by atomic mass is 16.1. The summed E-state index contributed by atoms with van der Waals surface area (Å²) in [6.45, 7) is 6.91. The Balaban J connectivity index is 0.000000170. The van der Waals surface area contributed by atoms with Gasteiger partial charge in [0.2, 0.25) is 0 Å². The maximum Gasteiger partial charge on any atom is 0.177 e. The van der Waals surface area contributed by atoms with Crippen LogP contribution in [0.4, 0.5) is 0 Å². The van der Waals surface area contributed by atoms with Crippen LogP contribution in [0.1, 0.15) is 73.5 Å². The van der Waals surface area contributed by atoms with Gasteiger partial charge in [-0.05, 0) is 50.3 Å². The lowest BCUT2D eigenvalue weighted by molar-refractivity contribution is 0.0986. The molecule has 2 aromatic rings. The number of aromatic nitrogens is 2. The zero-order chi connectivity index (χ0) is 18.7. The summed E-state index contributed by atoms with van der Waals surface area (Å²) >= 11 is 0. The lowest BCUT2D eigenvalue weighted by Crippen LogP contribution is -2.42. The van der Waals surface area contributed by atoms with Crippen molar-refractivity contribution < 1.29 is 4.79 Å². The van der Waals surface area contributed by atoms with Gasteiger partial charge < -0.3 is 4.57 Å². The summed E-state index contributed by atoms with van der Waals surface area (Å²) in [7, 11) is 2.16. The summed E-state index contributed by atoms with van der Waals surface area (Å²) < 4.78 is 2.19. The molecule has 4 nitrogen and oxygen atoms in total. The Morgan fingerprint density at radius 3 is 2.31 bits per heavy atom. The average molecular weight is 354 g/mol. The van der Waals surface area contributed by atoms with E-state index in [1.807, 2.05) is 0 Å². The van der Waals surface area contributed by atoms with Gasteiger partial charge in [0.15, 0.2) is 5.78 Å². The average Bonchev–Trinajstić information content (AvgIpc) is 3.29. The van der Waals surface area contributed by atoms with E-state index < -0.39 is 0 Å². The molecule has 0 amide bonds. The van der Waals surface area contributed by atoms with Crippen molar-refractivity contribution in [1.82, 2.24) is 14.5 Å². The molecule has 2 heterocycles. The SMILES string of the molecule is CC(=O)c1cnc2n1C1CCCC1N(C)C2.CCc1ccccc1CC. The van der Waals surface area contributed by atoms with Gasteiger partial charge >= 0.3 is 0 Å². The second kappa shape index (κ2) is 8.17. The van der Waals surface area contributed by atoms with E-state index in [2.05, 4.69) is 59.6 Å². The molecule has 0 bridgehead atoms. The van der Waals surface area contributed by atoms with Crippen molar-refractivity contribution in [3.63, 3.8) is 0 Å². The third kappa shape index (κ3) is 3.61. The van der Waals surface area contributed by atoms with Crippen LogP contribution in [0.2, 0.25) is 0 Å². The Labute approximate surface area is 157 Å². The molecular formula is C22H31N3O. The van der Waals surface area contributed by atoms with Crippen LogP contribution < -0.4 is 0 Å². The number of carbonyl (C=O) groups is 1. The van der Waals surface area contributed by atoms with Gasteiger partial charge in [0.1, 0.15) is 11.5 Å². The van der Waals surface area contributed by atoms with Crippen LogP contribution in [0.25, 0.3) is 0 Å². The summed E-state index contributed by atoms with van der Waals surface area (Å²) in [6.07, 6.45) is 7.74. The fourth-order valence-electron chi connectivity index (χ4n) is 4.47. The highest BCUT2D eigenvalue weighted by molar-refractivity contribution is 5.92. The number of Topliss-reactive ketones (excluding diaryl/α,β-unsaturated/α-hetero) is 1. The molecule has 4 rings (SSSR count). The number of carbonyl (C=O) groups excluding carboxylic acids is 1. The molecule has 2 atom stereocenters. The fourth-order valence-corrected chi connectivity index (χ4v) is 4.47. The summed E-state index contributed by atoms with van der Waals surface area (Å²) in [5.74, 6) is 1.19. The Morgan fingerprint density at radius 1 is 1.12 bits per heavy atom. The number of hydrogen-bond acceptors (Lipinski definition) is 3.